The molecule has 0 saturated heterocycles. The van der Waals surface area contributed by atoms with E-state index in [1.807, 2.05) is 30.3 Å². The quantitative estimate of drug-likeness (QED) is 0.816. The molecular formula is C9H8BrN3. The molecule has 0 radical (unpaired) electrons. The van der Waals surface area contributed by atoms with E-state index in [-0.39, 0.29) is 0 Å². The number of rotatable bonds is 2. The standard InChI is InChI=1S/C9H8BrN3/c10-6-8-11-9(13-12-8)7-4-2-1-3-5-7/h1-5H,6H2,(H,11,12,13). The third-order valence-corrected chi connectivity index (χ3v) is 2.22. The maximum Gasteiger partial charge on any atom is 0.181 e. The van der Waals surface area contributed by atoms with Gasteiger partial charge in [-0.15, -0.1) is 0 Å². The van der Waals surface area contributed by atoms with Crippen LogP contribution in [-0.2, 0) is 5.33 Å². The second-order valence-electron chi connectivity index (χ2n) is 2.61. The maximum absolute atomic E-state index is 4.29. The first kappa shape index (κ1) is 8.44. The largest absolute Gasteiger partial charge is 0.262 e. The van der Waals surface area contributed by atoms with Crippen molar-refractivity contribution in [2.45, 2.75) is 5.33 Å². The Morgan fingerprint density at radius 2 is 2.00 bits per heavy atom. The van der Waals surface area contributed by atoms with E-state index in [0.29, 0.717) is 5.33 Å². The van der Waals surface area contributed by atoms with Gasteiger partial charge in [-0.3, -0.25) is 5.10 Å². The fraction of sp³-hybridized carbons (Fsp3) is 0.111. The molecule has 0 unspecified atom stereocenters. The molecule has 2 aromatic rings. The molecule has 0 aliphatic rings. The highest BCUT2D eigenvalue weighted by Gasteiger charge is 2.02. The van der Waals surface area contributed by atoms with Crippen molar-refractivity contribution in [1.82, 2.24) is 15.2 Å². The van der Waals surface area contributed by atoms with E-state index in [1.54, 1.807) is 0 Å². The summed E-state index contributed by atoms with van der Waals surface area (Å²) >= 11 is 3.31. The Bertz CT molecular complexity index is 383. The average molecular weight is 238 g/mol. The van der Waals surface area contributed by atoms with Crippen molar-refractivity contribution in [3.8, 4) is 11.4 Å². The fourth-order valence-electron chi connectivity index (χ4n) is 1.07. The average Bonchev–Trinajstić information content (AvgIpc) is 2.67. The van der Waals surface area contributed by atoms with Crippen LogP contribution in [0.1, 0.15) is 5.82 Å². The summed E-state index contributed by atoms with van der Waals surface area (Å²) in [6.07, 6.45) is 0. The van der Waals surface area contributed by atoms with Gasteiger partial charge in [0.15, 0.2) is 5.82 Å². The Morgan fingerprint density at radius 1 is 1.23 bits per heavy atom. The Labute approximate surface area is 84.3 Å². The van der Waals surface area contributed by atoms with Crippen LogP contribution < -0.4 is 0 Å². The number of H-pyrrole nitrogens is 1. The van der Waals surface area contributed by atoms with Gasteiger partial charge in [0.2, 0.25) is 0 Å². The van der Waals surface area contributed by atoms with Crippen molar-refractivity contribution in [3.05, 3.63) is 36.2 Å². The van der Waals surface area contributed by atoms with Gasteiger partial charge in [-0.25, -0.2) is 4.98 Å². The summed E-state index contributed by atoms with van der Waals surface area (Å²) in [5.74, 6) is 1.59. The lowest BCUT2D eigenvalue weighted by Crippen LogP contribution is -1.80. The molecule has 1 aromatic carbocycles. The van der Waals surface area contributed by atoms with Gasteiger partial charge in [0.25, 0.3) is 0 Å². The van der Waals surface area contributed by atoms with Gasteiger partial charge in [-0.05, 0) is 0 Å². The second kappa shape index (κ2) is 3.70. The van der Waals surface area contributed by atoms with E-state index >= 15 is 0 Å². The zero-order valence-electron chi connectivity index (χ0n) is 6.87. The zero-order chi connectivity index (χ0) is 9.10. The monoisotopic (exact) mass is 237 g/mol. The molecule has 0 saturated carbocycles. The molecule has 1 heterocycles. The highest BCUT2D eigenvalue weighted by atomic mass is 79.9. The zero-order valence-corrected chi connectivity index (χ0v) is 8.45. The molecule has 0 fully saturated rings. The van der Waals surface area contributed by atoms with Gasteiger partial charge < -0.3 is 0 Å². The molecule has 3 nitrogen and oxygen atoms in total. The van der Waals surface area contributed by atoms with Crippen LogP contribution in [0.4, 0.5) is 0 Å². The van der Waals surface area contributed by atoms with Gasteiger partial charge in [0.1, 0.15) is 5.82 Å². The Hall–Kier alpha value is -1.16. The van der Waals surface area contributed by atoms with E-state index in [2.05, 4.69) is 31.1 Å². The number of aromatic nitrogens is 3. The number of alkyl halides is 1. The number of nitrogens with one attached hydrogen (secondary N) is 1. The second-order valence-corrected chi connectivity index (χ2v) is 3.17. The predicted octanol–water partition coefficient (Wildman–Crippen LogP) is 2.37. The van der Waals surface area contributed by atoms with Gasteiger partial charge in [0, 0.05) is 5.56 Å². The first-order valence-electron chi connectivity index (χ1n) is 3.93. The van der Waals surface area contributed by atoms with Crippen molar-refractivity contribution >= 4 is 15.9 Å². The van der Waals surface area contributed by atoms with Gasteiger partial charge in [-0.2, -0.15) is 5.10 Å². The Kier molecular flexibility index (Phi) is 2.40. The highest BCUT2D eigenvalue weighted by molar-refractivity contribution is 9.08. The molecule has 13 heavy (non-hydrogen) atoms. The summed E-state index contributed by atoms with van der Waals surface area (Å²) in [5, 5.41) is 7.64. The maximum atomic E-state index is 4.29. The summed E-state index contributed by atoms with van der Waals surface area (Å²) in [4.78, 5) is 4.29. The van der Waals surface area contributed by atoms with Gasteiger partial charge in [-0.1, -0.05) is 46.3 Å². The minimum Gasteiger partial charge on any atom is -0.262 e. The molecule has 66 valence electrons. The first-order valence-corrected chi connectivity index (χ1v) is 5.05. The number of benzene rings is 1. The molecular weight excluding hydrogens is 230 g/mol. The summed E-state index contributed by atoms with van der Waals surface area (Å²) in [5.41, 5.74) is 1.03. The summed E-state index contributed by atoms with van der Waals surface area (Å²) in [6, 6.07) is 9.89. The van der Waals surface area contributed by atoms with E-state index in [9.17, 15) is 0 Å². The molecule has 0 aliphatic carbocycles. The lowest BCUT2D eigenvalue weighted by molar-refractivity contribution is 1.03. The van der Waals surface area contributed by atoms with Crippen LogP contribution in [0.3, 0.4) is 0 Å². The third kappa shape index (κ3) is 1.78. The molecule has 2 rings (SSSR count). The fourth-order valence-corrected chi connectivity index (χ4v) is 1.32. The lowest BCUT2D eigenvalue weighted by atomic mass is 10.2. The Morgan fingerprint density at radius 3 is 2.62 bits per heavy atom. The Balaban J connectivity index is 2.36. The van der Waals surface area contributed by atoms with Crippen molar-refractivity contribution in [2.75, 3.05) is 0 Å². The third-order valence-electron chi connectivity index (χ3n) is 1.69. The van der Waals surface area contributed by atoms with Crippen LogP contribution in [0.25, 0.3) is 11.4 Å². The molecule has 4 heteroatoms. The van der Waals surface area contributed by atoms with Crippen LogP contribution in [-0.4, -0.2) is 15.2 Å². The topological polar surface area (TPSA) is 41.6 Å². The minimum absolute atomic E-state index is 0.701. The van der Waals surface area contributed by atoms with E-state index < -0.39 is 0 Å². The van der Waals surface area contributed by atoms with Crippen molar-refractivity contribution < 1.29 is 0 Å². The van der Waals surface area contributed by atoms with E-state index in [0.717, 1.165) is 17.2 Å². The van der Waals surface area contributed by atoms with E-state index in [1.165, 1.54) is 0 Å². The van der Waals surface area contributed by atoms with Gasteiger partial charge >= 0.3 is 0 Å². The van der Waals surface area contributed by atoms with Crippen LogP contribution >= 0.6 is 15.9 Å². The minimum atomic E-state index is 0.701. The molecule has 1 N–H and O–H groups in total. The van der Waals surface area contributed by atoms with Gasteiger partial charge in [0.05, 0.1) is 5.33 Å². The molecule has 0 amide bonds. The van der Waals surface area contributed by atoms with Crippen molar-refractivity contribution in [2.24, 2.45) is 0 Å². The van der Waals surface area contributed by atoms with Crippen molar-refractivity contribution in [1.29, 1.82) is 0 Å². The summed E-state index contributed by atoms with van der Waals surface area (Å²) in [6.45, 7) is 0. The lowest BCUT2D eigenvalue weighted by Gasteiger charge is -1.91. The molecule has 1 aromatic heterocycles. The molecule has 0 spiro atoms. The number of hydrogen-bond donors (Lipinski definition) is 1. The molecule has 0 aliphatic heterocycles. The highest BCUT2D eigenvalue weighted by Crippen LogP contribution is 2.13. The number of aromatic amines is 1. The number of nitrogens with zero attached hydrogens (tertiary/aromatic N) is 2. The molecule has 0 bridgehead atoms. The summed E-state index contributed by atoms with van der Waals surface area (Å²) in [7, 11) is 0. The smallest absolute Gasteiger partial charge is 0.181 e. The van der Waals surface area contributed by atoms with Crippen LogP contribution in [0.2, 0.25) is 0 Å². The normalized spacial score (nSPS) is 10.2. The number of hydrogen-bond acceptors (Lipinski definition) is 2. The van der Waals surface area contributed by atoms with Crippen LogP contribution in [0.5, 0.6) is 0 Å². The predicted molar refractivity (Wildman–Crippen MR) is 54.4 cm³/mol. The first-order chi connectivity index (χ1) is 6.40. The number of halogens is 1. The summed E-state index contributed by atoms with van der Waals surface area (Å²) < 4.78 is 0. The van der Waals surface area contributed by atoms with Crippen molar-refractivity contribution in [3.63, 3.8) is 0 Å². The molecule has 0 atom stereocenters. The van der Waals surface area contributed by atoms with Crippen LogP contribution in [0, 0.1) is 0 Å². The van der Waals surface area contributed by atoms with E-state index in [4.69, 9.17) is 0 Å². The van der Waals surface area contributed by atoms with Crippen LogP contribution in [0.15, 0.2) is 30.3 Å². The SMILES string of the molecule is BrCc1nc(-c2ccccc2)n[nH]1.